The number of benzene rings is 9. The Bertz CT molecular complexity index is 3070. The summed E-state index contributed by atoms with van der Waals surface area (Å²) in [7, 11) is 0. The van der Waals surface area contributed by atoms with Gasteiger partial charge in [-0.25, -0.2) is 0 Å². The van der Waals surface area contributed by atoms with E-state index in [1.807, 2.05) is 60.8 Å². The van der Waals surface area contributed by atoms with Crippen molar-refractivity contribution >= 4 is 29.0 Å². The van der Waals surface area contributed by atoms with E-state index in [0.717, 1.165) is 39.2 Å². The van der Waals surface area contributed by atoms with E-state index in [0.29, 0.717) is 0 Å². The van der Waals surface area contributed by atoms with Gasteiger partial charge in [0, 0.05) is 11.9 Å². The minimum Gasteiger partial charge on any atom is -0.321 e. The van der Waals surface area contributed by atoms with Gasteiger partial charge in [0.05, 0.1) is 28.5 Å². The molecule has 62 heavy (non-hydrogen) atoms. The van der Waals surface area contributed by atoms with E-state index in [9.17, 15) is 0 Å². The minimum atomic E-state index is -0.489. The highest BCUT2D eigenvalue weighted by molar-refractivity contribution is 5.96. The second kappa shape index (κ2) is 15.6. The first-order chi connectivity index (χ1) is 30.7. The van der Waals surface area contributed by atoms with Crippen molar-refractivity contribution in [2.75, 3.05) is 4.90 Å². The summed E-state index contributed by atoms with van der Waals surface area (Å²) in [5, 5.41) is 0. The van der Waals surface area contributed by atoms with Crippen LogP contribution in [-0.4, -0.2) is 6.21 Å². The van der Waals surface area contributed by atoms with E-state index in [1.165, 1.54) is 55.9 Å². The molecule has 1 atom stereocenters. The van der Waals surface area contributed by atoms with Gasteiger partial charge in [0.2, 0.25) is 0 Å². The van der Waals surface area contributed by atoms with Crippen molar-refractivity contribution in [3.05, 3.63) is 276 Å². The molecule has 3 nitrogen and oxygen atoms in total. The Labute approximate surface area is 363 Å². The normalized spacial score (nSPS) is 14.0. The zero-order valence-electron chi connectivity index (χ0n) is 34.1. The summed E-state index contributed by atoms with van der Waals surface area (Å²) >= 11 is 0. The van der Waals surface area contributed by atoms with Crippen LogP contribution in [0.4, 0.5) is 17.1 Å². The van der Waals surface area contributed by atoms with Crippen LogP contribution in [-0.2, 0) is 5.41 Å². The SMILES string of the molecule is NC(/C=C(\N=C\c1ccc(-c2ccc(-c3ccc4c(c3)C3(c5ccccc5-4)c4ccccc4N(c4ccccc4)c4ccccc43)cc2)cc1)c1ccccc1)c1ccccc1. The van der Waals surface area contributed by atoms with Gasteiger partial charge in [0.1, 0.15) is 0 Å². The number of nitrogens with zero attached hydrogens (tertiary/aromatic N) is 2. The quantitative estimate of drug-likeness (QED) is 0.156. The molecular weight excluding hydrogens is 751 g/mol. The van der Waals surface area contributed by atoms with Crippen LogP contribution >= 0.6 is 0 Å². The molecule has 0 aromatic heterocycles. The molecule has 9 aromatic carbocycles. The summed E-state index contributed by atoms with van der Waals surface area (Å²) in [6, 6.07) is 82.5. The molecule has 1 unspecified atom stereocenters. The molecule has 1 heterocycles. The first kappa shape index (κ1) is 37.2. The van der Waals surface area contributed by atoms with Crippen molar-refractivity contribution in [1.29, 1.82) is 0 Å². The van der Waals surface area contributed by atoms with Gasteiger partial charge in [0.15, 0.2) is 0 Å². The predicted octanol–water partition coefficient (Wildman–Crippen LogP) is 14.3. The Morgan fingerprint density at radius 1 is 0.452 bits per heavy atom. The number of rotatable bonds is 8. The van der Waals surface area contributed by atoms with E-state index in [2.05, 4.69) is 187 Å². The van der Waals surface area contributed by atoms with Crippen LogP contribution in [0, 0.1) is 0 Å². The molecule has 0 saturated heterocycles. The lowest BCUT2D eigenvalue weighted by Crippen LogP contribution is -2.36. The minimum absolute atomic E-state index is 0.269. The topological polar surface area (TPSA) is 41.6 Å². The van der Waals surface area contributed by atoms with Gasteiger partial charge >= 0.3 is 0 Å². The number of para-hydroxylation sites is 3. The summed E-state index contributed by atoms with van der Waals surface area (Å²) < 4.78 is 0. The Morgan fingerprint density at radius 3 is 1.58 bits per heavy atom. The molecule has 1 spiro atoms. The molecule has 0 bridgehead atoms. The van der Waals surface area contributed by atoms with Gasteiger partial charge < -0.3 is 10.6 Å². The number of hydrogen-bond donors (Lipinski definition) is 1. The molecule has 0 saturated carbocycles. The summed E-state index contributed by atoms with van der Waals surface area (Å²) in [4.78, 5) is 7.37. The fourth-order valence-electron chi connectivity index (χ4n) is 9.67. The molecule has 11 rings (SSSR count). The van der Waals surface area contributed by atoms with Crippen molar-refractivity contribution in [3.63, 3.8) is 0 Å². The van der Waals surface area contributed by atoms with Gasteiger partial charge in [-0.3, -0.25) is 4.99 Å². The maximum Gasteiger partial charge on any atom is 0.0754 e. The van der Waals surface area contributed by atoms with E-state index in [1.54, 1.807) is 0 Å². The summed E-state index contributed by atoms with van der Waals surface area (Å²) in [6.07, 6.45) is 3.95. The first-order valence-corrected chi connectivity index (χ1v) is 21.3. The Morgan fingerprint density at radius 2 is 0.935 bits per heavy atom. The van der Waals surface area contributed by atoms with Crippen molar-refractivity contribution in [2.45, 2.75) is 11.5 Å². The zero-order valence-corrected chi connectivity index (χ0v) is 34.1. The molecular formula is C59H43N3. The molecule has 0 amide bonds. The van der Waals surface area contributed by atoms with Crippen LogP contribution in [0.15, 0.2) is 242 Å². The van der Waals surface area contributed by atoms with Gasteiger partial charge in [-0.1, -0.05) is 200 Å². The average molecular weight is 794 g/mol. The molecule has 1 aliphatic heterocycles. The highest BCUT2D eigenvalue weighted by Gasteiger charge is 2.51. The van der Waals surface area contributed by atoms with Gasteiger partial charge in [-0.2, -0.15) is 0 Å². The Hall–Kier alpha value is -7.85. The van der Waals surface area contributed by atoms with Crippen molar-refractivity contribution in [1.82, 2.24) is 0 Å². The monoisotopic (exact) mass is 793 g/mol. The number of nitrogens with two attached hydrogens (primary N) is 1. The second-order valence-electron chi connectivity index (χ2n) is 16.1. The summed E-state index contributed by atoms with van der Waals surface area (Å²) in [6.45, 7) is 0. The fourth-order valence-corrected chi connectivity index (χ4v) is 9.67. The largest absolute Gasteiger partial charge is 0.321 e. The van der Waals surface area contributed by atoms with E-state index in [-0.39, 0.29) is 6.04 Å². The van der Waals surface area contributed by atoms with Gasteiger partial charge in [-0.15, -0.1) is 0 Å². The third kappa shape index (κ3) is 6.30. The van der Waals surface area contributed by atoms with E-state index >= 15 is 0 Å². The molecule has 2 aliphatic rings. The van der Waals surface area contributed by atoms with Crippen molar-refractivity contribution in [3.8, 4) is 33.4 Å². The van der Waals surface area contributed by atoms with Crippen LogP contribution < -0.4 is 10.6 Å². The maximum atomic E-state index is 6.61. The second-order valence-corrected chi connectivity index (χ2v) is 16.1. The number of anilines is 3. The van der Waals surface area contributed by atoms with E-state index in [4.69, 9.17) is 10.7 Å². The highest BCUT2D eigenvalue weighted by atomic mass is 15.2. The van der Waals surface area contributed by atoms with Crippen LogP contribution in [0.5, 0.6) is 0 Å². The lowest BCUT2D eigenvalue weighted by atomic mass is 9.64. The van der Waals surface area contributed by atoms with Gasteiger partial charge in [-0.05, 0) is 109 Å². The lowest BCUT2D eigenvalue weighted by Gasteiger charge is -2.45. The number of fused-ring (bicyclic) bond motifs is 9. The molecule has 3 heteroatoms. The van der Waals surface area contributed by atoms with Crippen LogP contribution in [0.25, 0.3) is 39.1 Å². The molecule has 2 N–H and O–H groups in total. The molecule has 1 aliphatic carbocycles. The molecule has 0 radical (unpaired) electrons. The van der Waals surface area contributed by atoms with Crippen molar-refractivity contribution < 1.29 is 0 Å². The van der Waals surface area contributed by atoms with E-state index < -0.39 is 5.41 Å². The fraction of sp³-hybridized carbons (Fsp3) is 0.0339. The third-order valence-electron chi connectivity index (χ3n) is 12.6. The highest BCUT2D eigenvalue weighted by Crippen LogP contribution is 2.63. The zero-order chi connectivity index (χ0) is 41.5. The first-order valence-electron chi connectivity index (χ1n) is 21.3. The summed E-state index contributed by atoms with van der Waals surface area (Å²) in [5.41, 5.74) is 26.1. The average Bonchev–Trinajstić information content (AvgIpc) is 3.64. The Balaban J connectivity index is 0.928. The van der Waals surface area contributed by atoms with Crippen molar-refractivity contribution in [2.24, 2.45) is 10.7 Å². The standard InChI is InChI=1S/C59H43N3/c60-55(45-16-4-1-5-17-45)39-56(46-18-6-2-7-19-46)61-40-41-28-30-42(31-29-41)43-32-34-44(35-33-43)47-36-37-50-49-22-10-11-23-51(49)59(54(50)38-47)52-24-12-14-26-57(52)62(48-20-8-3-9-21-48)58-27-15-13-25-53(58)59/h1-40,55H,60H2/b56-39-,61-40+. The number of aliphatic imine (C=N–C) groups is 1. The molecule has 294 valence electrons. The smallest absolute Gasteiger partial charge is 0.0754 e. The van der Waals surface area contributed by atoms with Crippen LogP contribution in [0.1, 0.15) is 45.0 Å². The molecule has 0 fully saturated rings. The molecule has 9 aromatic rings. The van der Waals surface area contributed by atoms with Crippen LogP contribution in [0.2, 0.25) is 0 Å². The third-order valence-corrected chi connectivity index (χ3v) is 12.6. The van der Waals surface area contributed by atoms with Crippen LogP contribution in [0.3, 0.4) is 0 Å². The van der Waals surface area contributed by atoms with Gasteiger partial charge in [0.25, 0.3) is 0 Å². The lowest BCUT2D eigenvalue weighted by molar-refractivity contribution is 0.753. The maximum absolute atomic E-state index is 6.61. The number of hydrogen-bond acceptors (Lipinski definition) is 3. The summed E-state index contributed by atoms with van der Waals surface area (Å²) in [5.74, 6) is 0. The Kier molecular flexibility index (Phi) is 9.37. The predicted molar refractivity (Wildman–Crippen MR) is 258 cm³/mol.